The number of hydrogen-bond donors (Lipinski definition) is 4. The molecule has 0 bridgehead atoms. The van der Waals surface area contributed by atoms with Gasteiger partial charge in [0.05, 0.1) is 6.54 Å². The molecule has 2 rings (SSSR count). The Hall–Kier alpha value is -3.09. The molecule has 0 saturated heterocycles. The summed E-state index contributed by atoms with van der Waals surface area (Å²) in [5.74, 6) is -1.71. The van der Waals surface area contributed by atoms with Gasteiger partial charge in [-0.1, -0.05) is 44.2 Å². The smallest absolute Gasteiger partial charge is 0.326 e. The van der Waals surface area contributed by atoms with E-state index in [4.69, 9.17) is 5.11 Å². The van der Waals surface area contributed by atoms with Gasteiger partial charge < -0.3 is 20.7 Å². The molecule has 1 aromatic carbocycles. The molecule has 2 amide bonds. The Bertz CT molecular complexity index is 799. The molecule has 7 nitrogen and oxygen atoms in total. The third kappa shape index (κ3) is 6.90. The minimum atomic E-state index is -1.07. The quantitative estimate of drug-likeness (QED) is 0.503. The molecule has 1 aromatic heterocycles. The number of H-pyrrole nitrogens is 1. The predicted octanol–water partition coefficient (Wildman–Crippen LogP) is 2.35. The largest absolute Gasteiger partial charge is 0.480 e. The maximum Gasteiger partial charge on any atom is 0.326 e. The minimum Gasteiger partial charge on any atom is -0.480 e. The van der Waals surface area contributed by atoms with Crippen molar-refractivity contribution in [1.82, 2.24) is 15.6 Å². The van der Waals surface area contributed by atoms with Crippen LogP contribution in [0.1, 0.15) is 32.4 Å². The molecule has 0 aliphatic rings. The standard InChI is InChI=1S/C21H27N3O4/c1-14(2)12-18(21(27)28)24-20(26)13-22-19(25)11-9-16-8-10-17(23-16)15-6-4-3-5-7-15/h3-8,10,14,18,23H,9,11-13H2,1-2H3,(H,22,25)(H,24,26)(H,27,28)/t18-/m0/s1. The zero-order valence-electron chi connectivity index (χ0n) is 16.2. The summed E-state index contributed by atoms with van der Waals surface area (Å²) < 4.78 is 0. The number of aromatic amines is 1. The van der Waals surface area contributed by atoms with Crippen molar-refractivity contribution in [2.45, 2.75) is 39.2 Å². The SMILES string of the molecule is CC(C)C[C@H](NC(=O)CNC(=O)CCc1ccc(-c2ccccc2)[nH]1)C(=O)O. The lowest BCUT2D eigenvalue weighted by Crippen LogP contribution is -2.46. The van der Waals surface area contributed by atoms with Gasteiger partial charge in [-0.2, -0.15) is 0 Å². The molecule has 150 valence electrons. The molecule has 0 aliphatic carbocycles. The zero-order chi connectivity index (χ0) is 20.5. The molecule has 0 unspecified atom stereocenters. The Balaban J connectivity index is 1.75. The lowest BCUT2D eigenvalue weighted by molar-refractivity contribution is -0.142. The van der Waals surface area contributed by atoms with Gasteiger partial charge in [-0.25, -0.2) is 4.79 Å². The molecule has 0 fully saturated rings. The number of aryl methyl sites for hydroxylation is 1. The van der Waals surface area contributed by atoms with E-state index in [-0.39, 0.29) is 24.8 Å². The second kappa shape index (κ2) is 10.3. The Morgan fingerprint density at radius 1 is 1.04 bits per heavy atom. The highest BCUT2D eigenvalue weighted by molar-refractivity contribution is 5.87. The first kappa shape index (κ1) is 21.2. The van der Waals surface area contributed by atoms with Gasteiger partial charge in [-0.15, -0.1) is 0 Å². The van der Waals surface area contributed by atoms with Crippen molar-refractivity contribution in [1.29, 1.82) is 0 Å². The van der Waals surface area contributed by atoms with Crippen LogP contribution in [0.4, 0.5) is 0 Å². The normalized spacial score (nSPS) is 11.8. The summed E-state index contributed by atoms with van der Waals surface area (Å²) in [5, 5.41) is 14.1. The van der Waals surface area contributed by atoms with Crippen LogP contribution in [-0.2, 0) is 20.8 Å². The van der Waals surface area contributed by atoms with E-state index in [1.807, 2.05) is 56.3 Å². The van der Waals surface area contributed by atoms with Crippen LogP contribution < -0.4 is 10.6 Å². The van der Waals surface area contributed by atoms with E-state index in [0.717, 1.165) is 17.0 Å². The topological polar surface area (TPSA) is 111 Å². The third-order valence-electron chi connectivity index (χ3n) is 4.24. The molecular formula is C21H27N3O4. The van der Waals surface area contributed by atoms with E-state index < -0.39 is 17.9 Å². The van der Waals surface area contributed by atoms with Gasteiger partial charge in [-0.05, 0) is 36.5 Å². The summed E-state index contributed by atoms with van der Waals surface area (Å²) in [6.45, 7) is 3.53. The highest BCUT2D eigenvalue weighted by atomic mass is 16.4. The van der Waals surface area contributed by atoms with Gasteiger partial charge in [0.1, 0.15) is 6.04 Å². The summed E-state index contributed by atoms with van der Waals surface area (Å²) in [6, 6.07) is 12.8. The first-order chi connectivity index (χ1) is 13.3. The summed E-state index contributed by atoms with van der Waals surface area (Å²) in [5.41, 5.74) is 2.99. The van der Waals surface area contributed by atoms with Crippen LogP contribution in [0.5, 0.6) is 0 Å². The molecule has 7 heteroatoms. The molecule has 1 atom stereocenters. The van der Waals surface area contributed by atoms with Crippen LogP contribution in [0.15, 0.2) is 42.5 Å². The summed E-state index contributed by atoms with van der Waals surface area (Å²) in [6.07, 6.45) is 1.09. The van der Waals surface area contributed by atoms with Crippen LogP contribution in [0.25, 0.3) is 11.3 Å². The maximum atomic E-state index is 12.0. The van der Waals surface area contributed by atoms with E-state index in [9.17, 15) is 14.4 Å². The monoisotopic (exact) mass is 385 g/mol. The number of carboxylic acids is 1. The number of carbonyl (C=O) groups excluding carboxylic acids is 2. The van der Waals surface area contributed by atoms with Crippen molar-refractivity contribution in [2.75, 3.05) is 6.54 Å². The molecule has 28 heavy (non-hydrogen) atoms. The first-order valence-electron chi connectivity index (χ1n) is 9.37. The van der Waals surface area contributed by atoms with Crippen molar-refractivity contribution in [3.63, 3.8) is 0 Å². The van der Waals surface area contributed by atoms with Crippen molar-refractivity contribution < 1.29 is 19.5 Å². The van der Waals surface area contributed by atoms with E-state index in [1.54, 1.807) is 0 Å². The number of aromatic nitrogens is 1. The zero-order valence-corrected chi connectivity index (χ0v) is 16.2. The van der Waals surface area contributed by atoms with Gasteiger partial charge in [0.2, 0.25) is 11.8 Å². The van der Waals surface area contributed by atoms with Crippen LogP contribution >= 0.6 is 0 Å². The number of aliphatic carboxylic acids is 1. The van der Waals surface area contributed by atoms with E-state index in [1.165, 1.54) is 0 Å². The average molecular weight is 385 g/mol. The molecule has 2 aromatic rings. The van der Waals surface area contributed by atoms with E-state index >= 15 is 0 Å². The van der Waals surface area contributed by atoms with Crippen molar-refractivity contribution in [2.24, 2.45) is 5.92 Å². The van der Waals surface area contributed by atoms with Crippen molar-refractivity contribution >= 4 is 17.8 Å². The molecule has 4 N–H and O–H groups in total. The average Bonchev–Trinajstić information content (AvgIpc) is 3.13. The second-order valence-electron chi connectivity index (χ2n) is 7.13. The van der Waals surface area contributed by atoms with E-state index in [0.29, 0.717) is 12.8 Å². The van der Waals surface area contributed by atoms with Crippen LogP contribution in [-0.4, -0.2) is 40.5 Å². The molecular weight excluding hydrogens is 358 g/mol. The number of nitrogens with one attached hydrogen (secondary N) is 3. The Morgan fingerprint density at radius 3 is 2.39 bits per heavy atom. The number of carbonyl (C=O) groups is 3. The Morgan fingerprint density at radius 2 is 1.75 bits per heavy atom. The Kier molecular flexibility index (Phi) is 7.80. The summed E-state index contributed by atoms with van der Waals surface area (Å²) in [4.78, 5) is 38.3. The van der Waals surface area contributed by atoms with Gasteiger partial charge in [-0.3, -0.25) is 9.59 Å². The molecule has 0 saturated carbocycles. The van der Waals surface area contributed by atoms with Gasteiger partial charge >= 0.3 is 5.97 Å². The maximum absolute atomic E-state index is 12.0. The number of carboxylic acid groups (broad SMARTS) is 1. The lowest BCUT2D eigenvalue weighted by Gasteiger charge is -2.16. The van der Waals surface area contributed by atoms with E-state index in [2.05, 4.69) is 15.6 Å². The number of rotatable bonds is 10. The predicted molar refractivity (Wildman–Crippen MR) is 107 cm³/mol. The van der Waals surface area contributed by atoms with Crippen molar-refractivity contribution in [3.05, 3.63) is 48.2 Å². The molecule has 1 heterocycles. The number of benzene rings is 1. The van der Waals surface area contributed by atoms with Crippen LogP contribution in [0.2, 0.25) is 0 Å². The third-order valence-corrected chi connectivity index (χ3v) is 4.24. The summed E-state index contributed by atoms with van der Waals surface area (Å²) in [7, 11) is 0. The highest BCUT2D eigenvalue weighted by Crippen LogP contribution is 2.18. The number of hydrogen-bond acceptors (Lipinski definition) is 3. The molecule has 0 spiro atoms. The van der Waals surface area contributed by atoms with Crippen molar-refractivity contribution in [3.8, 4) is 11.3 Å². The first-order valence-corrected chi connectivity index (χ1v) is 9.37. The number of amides is 2. The fourth-order valence-corrected chi connectivity index (χ4v) is 2.83. The van der Waals surface area contributed by atoms with Crippen LogP contribution in [0.3, 0.4) is 0 Å². The fraction of sp³-hybridized carbons (Fsp3) is 0.381. The lowest BCUT2D eigenvalue weighted by atomic mass is 10.0. The minimum absolute atomic E-state index is 0.137. The van der Waals surface area contributed by atoms with Gasteiger partial charge in [0.25, 0.3) is 0 Å². The highest BCUT2D eigenvalue weighted by Gasteiger charge is 2.21. The second-order valence-corrected chi connectivity index (χ2v) is 7.13. The molecule has 0 aliphatic heterocycles. The van der Waals surface area contributed by atoms with Gasteiger partial charge in [0, 0.05) is 17.8 Å². The molecule has 0 radical (unpaired) electrons. The fourth-order valence-electron chi connectivity index (χ4n) is 2.83. The van der Waals surface area contributed by atoms with Crippen LogP contribution in [0, 0.1) is 5.92 Å². The summed E-state index contributed by atoms with van der Waals surface area (Å²) >= 11 is 0. The van der Waals surface area contributed by atoms with Gasteiger partial charge in [0.15, 0.2) is 0 Å². The Labute approximate surface area is 164 Å².